The number of aliphatic hydroxyl groups excluding tert-OH is 1. The molecule has 3 N–H and O–H groups in total. The Morgan fingerprint density at radius 2 is 2.24 bits per heavy atom. The van der Waals surface area contributed by atoms with Crippen molar-refractivity contribution < 1.29 is 9.50 Å². The van der Waals surface area contributed by atoms with E-state index in [0.29, 0.717) is 24.7 Å². The molecule has 1 saturated heterocycles. The maximum atomic E-state index is 13.2. The molecule has 2 unspecified atom stereocenters. The summed E-state index contributed by atoms with van der Waals surface area (Å²) in [5.41, 5.74) is 6.92. The molecular weight excluding hydrogens is 219 g/mol. The van der Waals surface area contributed by atoms with E-state index < -0.39 is 0 Å². The minimum Gasteiger partial charge on any atom is -0.399 e. The SMILES string of the molecule is CC1CCN(Cc2cc(N)cc(F)c2)CC1O. The largest absolute Gasteiger partial charge is 0.399 e. The first kappa shape index (κ1) is 12.3. The normalized spacial score (nSPS) is 26.1. The lowest BCUT2D eigenvalue weighted by Crippen LogP contribution is -2.42. The first-order chi connectivity index (χ1) is 8.04. The van der Waals surface area contributed by atoms with Crippen LogP contribution in [0.3, 0.4) is 0 Å². The number of halogens is 1. The first-order valence-electron chi connectivity index (χ1n) is 6.00. The lowest BCUT2D eigenvalue weighted by Gasteiger charge is -2.34. The van der Waals surface area contributed by atoms with Gasteiger partial charge in [-0.25, -0.2) is 4.39 Å². The molecule has 1 aliphatic heterocycles. The van der Waals surface area contributed by atoms with E-state index in [-0.39, 0.29) is 11.9 Å². The van der Waals surface area contributed by atoms with Gasteiger partial charge >= 0.3 is 0 Å². The van der Waals surface area contributed by atoms with Crippen molar-refractivity contribution in [3.8, 4) is 0 Å². The number of aliphatic hydroxyl groups is 1. The summed E-state index contributed by atoms with van der Waals surface area (Å²) in [4.78, 5) is 2.14. The molecule has 1 aromatic carbocycles. The van der Waals surface area contributed by atoms with Crippen LogP contribution in [0.5, 0.6) is 0 Å². The van der Waals surface area contributed by atoms with Crippen molar-refractivity contribution in [3.63, 3.8) is 0 Å². The van der Waals surface area contributed by atoms with E-state index in [1.165, 1.54) is 12.1 Å². The smallest absolute Gasteiger partial charge is 0.125 e. The number of anilines is 1. The number of hydrogen-bond acceptors (Lipinski definition) is 3. The zero-order valence-corrected chi connectivity index (χ0v) is 10.1. The van der Waals surface area contributed by atoms with Crippen LogP contribution in [0.1, 0.15) is 18.9 Å². The number of nitrogen functional groups attached to an aromatic ring is 1. The third-order valence-electron chi connectivity index (χ3n) is 3.39. The molecule has 2 rings (SSSR count). The summed E-state index contributed by atoms with van der Waals surface area (Å²) in [7, 11) is 0. The number of likely N-dealkylation sites (tertiary alicyclic amines) is 1. The number of hydrogen-bond donors (Lipinski definition) is 2. The highest BCUT2D eigenvalue weighted by atomic mass is 19.1. The molecule has 1 aromatic rings. The molecule has 0 aromatic heterocycles. The van der Waals surface area contributed by atoms with Crippen LogP contribution >= 0.6 is 0 Å². The van der Waals surface area contributed by atoms with Gasteiger partial charge in [-0.1, -0.05) is 6.92 Å². The summed E-state index contributed by atoms with van der Waals surface area (Å²) in [6.07, 6.45) is 0.695. The van der Waals surface area contributed by atoms with Crippen molar-refractivity contribution in [2.24, 2.45) is 5.92 Å². The van der Waals surface area contributed by atoms with Gasteiger partial charge in [-0.3, -0.25) is 4.90 Å². The first-order valence-corrected chi connectivity index (χ1v) is 6.00. The van der Waals surface area contributed by atoms with Gasteiger partial charge < -0.3 is 10.8 Å². The molecule has 17 heavy (non-hydrogen) atoms. The fraction of sp³-hybridized carbons (Fsp3) is 0.538. The van der Waals surface area contributed by atoms with E-state index in [4.69, 9.17) is 5.73 Å². The molecule has 0 radical (unpaired) electrons. The van der Waals surface area contributed by atoms with Crippen LogP contribution in [0.2, 0.25) is 0 Å². The molecule has 0 bridgehead atoms. The number of piperidine rings is 1. The summed E-state index contributed by atoms with van der Waals surface area (Å²) < 4.78 is 13.2. The van der Waals surface area contributed by atoms with Crippen LogP contribution in [0.15, 0.2) is 18.2 Å². The Labute approximate surface area is 101 Å². The minimum absolute atomic E-state index is 0.283. The Bertz CT molecular complexity index is 377. The molecule has 2 atom stereocenters. The lowest BCUT2D eigenvalue weighted by molar-refractivity contribution is 0.0259. The maximum Gasteiger partial charge on any atom is 0.125 e. The maximum absolute atomic E-state index is 13.2. The molecular formula is C13H19FN2O. The predicted octanol–water partition coefficient (Wildman–Crippen LogP) is 1.61. The van der Waals surface area contributed by atoms with Gasteiger partial charge in [0.05, 0.1) is 6.10 Å². The molecule has 94 valence electrons. The second kappa shape index (κ2) is 5.02. The van der Waals surface area contributed by atoms with E-state index in [0.717, 1.165) is 18.5 Å². The lowest BCUT2D eigenvalue weighted by atomic mass is 9.96. The van der Waals surface area contributed by atoms with Crippen LogP contribution in [0.4, 0.5) is 10.1 Å². The van der Waals surface area contributed by atoms with E-state index in [9.17, 15) is 9.50 Å². The quantitative estimate of drug-likeness (QED) is 0.770. The average Bonchev–Trinajstić information content (AvgIpc) is 2.22. The van der Waals surface area contributed by atoms with Crippen molar-refractivity contribution in [1.29, 1.82) is 0 Å². The van der Waals surface area contributed by atoms with Crippen molar-refractivity contribution in [1.82, 2.24) is 4.90 Å². The summed E-state index contributed by atoms with van der Waals surface area (Å²) in [5.74, 6) is 0.0507. The monoisotopic (exact) mass is 238 g/mol. The number of benzene rings is 1. The summed E-state index contributed by atoms with van der Waals surface area (Å²) in [6.45, 7) is 4.29. The fourth-order valence-electron chi connectivity index (χ4n) is 2.28. The van der Waals surface area contributed by atoms with Gasteiger partial charge in [0.1, 0.15) is 5.82 Å². The van der Waals surface area contributed by atoms with Crippen LogP contribution < -0.4 is 5.73 Å². The number of nitrogens with zero attached hydrogens (tertiary/aromatic N) is 1. The van der Waals surface area contributed by atoms with Gasteiger partial charge in [0.15, 0.2) is 0 Å². The van der Waals surface area contributed by atoms with Crippen molar-refractivity contribution in [2.75, 3.05) is 18.8 Å². The molecule has 0 aliphatic carbocycles. The van der Waals surface area contributed by atoms with E-state index >= 15 is 0 Å². The standard InChI is InChI=1S/C13H19FN2O/c1-9-2-3-16(8-13(9)17)7-10-4-11(14)6-12(15)5-10/h4-6,9,13,17H,2-3,7-8,15H2,1H3. The third-order valence-corrected chi connectivity index (χ3v) is 3.39. The molecule has 0 amide bonds. The zero-order valence-electron chi connectivity index (χ0n) is 10.1. The summed E-state index contributed by atoms with van der Waals surface area (Å²) in [6, 6.07) is 4.60. The zero-order chi connectivity index (χ0) is 12.4. The molecule has 1 heterocycles. The average molecular weight is 238 g/mol. The van der Waals surface area contributed by atoms with Crippen LogP contribution in [-0.2, 0) is 6.54 Å². The highest BCUT2D eigenvalue weighted by molar-refractivity contribution is 5.41. The summed E-state index contributed by atoms with van der Waals surface area (Å²) in [5, 5.41) is 9.79. The fourth-order valence-corrected chi connectivity index (χ4v) is 2.28. The highest BCUT2D eigenvalue weighted by Gasteiger charge is 2.24. The van der Waals surface area contributed by atoms with E-state index in [1.54, 1.807) is 6.07 Å². The number of nitrogens with two attached hydrogens (primary N) is 1. The summed E-state index contributed by atoms with van der Waals surface area (Å²) >= 11 is 0. The Morgan fingerprint density at radius 3 is 2.88 bits per heavy atom. The van der Waals surface area contributed by atoms with Crippen LogP contribution in [0, 0.1) is 11.7 Å². The van der Waals surface area contributed by atoms with Gasteiger partial charge in [0.25, 0.3) is 0 Å². The van der Waals surface area contributed by atoms with Gasteiger partial charge in [0.2, 0.25) is 0 Å². The van der Waals surface area contributed by atoms with Gasteiger partial charge in [-0.15, -0.1) is 0 Å². The van der Waals surface area contributed by atoms with Gasteiger partial charge in [0, 0.05) is 18.8 Å². The second-order valence-corrected chi connectivity index (χ2v) is 4.96. The highest BCUT2D eigenvalue weighted by Crippen LogP contribution is 2.20. The Balaban J connectivity index is 2.01. The number of β-amino-alcohol motifs (C(OH)–C–C–N with tert-alkyl or cyclic N) is 1. The molecule has 0 saturated carbocycles. The third kappa shape index (κ3) is 3.17. The van der Waals surface area contributed by atoms with Crippen LogP contribution in [-0.4, -0.2) is 29.2 Å². The molecule has 3 nitrogen and oxygen atoms in total. The topological polar surface area (TPSA) is 49.5 Å². The number of rotatable bonds is 2. The Kier molecular flexibility index (Phi) is 3.64. The van der Waals surface area contributed by atoms with E-state index in [1.807, 2.05) is 0 Å². The van der Waals surface area contributed by atoms with Gasteiger partial charge in [-0.05, 0) is 42.6 Å². The van der Waals surface area contributed by atoms with Gasteiger partial charge in [-0.2, -0.15) is 0 Å². The van der Waals surface area contributed by atoms with Crippen molar-refractivity contribution in [2.45, 2.75) is 26.0 Å². The van der Waals surface area contributed by atoms with Crippen molar-refractivity contribution >= 4 is 5.69 Å². The molecule has 1 fully saturated rings. The molecule has 1 aliphatic rings. The molecule has 4 heteroatoms. The van der Waals surface area contributed by atoms with Crippen LogP contribution in [0.25, 0.3) is 0 Å². The van der Waals surface area contributed by atoms with E-state index in [2.05, 4.69) is 11.8 Å². The second-order valence-electron chi connectivity index (χ2n) is 4.96. The Morgan fingerprint density at radius 1 is 1.47 bits per heavy atom. The molecule has 0 spiro atoms. The predicted molar refractivity (Wildman–Crippen MR) is 65.9 cm³/mol. The van der Waals surface area contributed by atoms with Crippen molar-refractivity contribution in [3.05, 3.63) is 29.6 Å². The minimum atomic E-state index is -0.300. The Hall–Kier alpha value is -1.13.